The second kappa shape index (κ2) is 6.72. The summed E-state index contributed by atoms with van der Waals surface area (Å²) in [6, 6.07) is 3.30. The Kier molecular flexibility index (Phi) is 5.56. The topological polar surface area (TPSA) is 47.3 Å². The largest absolute Gasteiger partial charge is 0.416 e. The monoisotopic (exact) mass is 292 g/mol. The number of anilines is 1. The number of thiocarbonyl (C=S) groups is 1. The summed E-state index contributed by atoms with van der Waals surface area (Å²) in [6.45, 7) is 1.13. The van der Waals surface area contributed by atoms with Crippen molar-refractivity contribution in [3.05, 3.63) is 29.3 Å². The first-order valence-corrected chi connectivity index (χ1v) is 6.01. The molecule has 7 heteroatoms. The summed E-state index contributed by atoms with van der Waals surface area (Å²) in [5.41, 5.74) is 5.38. The number of halogens is 3. The number of hydrogen-bond donors (Lipinski definition) is 2. The van der Waals surface area contributed by atoms with E-state index in [1.165, 1.54) is 6.07 Å². The molecule has 3 N–H and O–H groups in total. The van der Waals surface area contributed by atoms with Crippen molar-refractivity contribution in [2.45, 2.75) is 12.6 Å². The van der Waals surface area contributed by atoms with E-state index in [0.29, 0.717) is 18.8 Å². The number of ether oxygens (including phenoxy) is 1. The van der Waals surface area contributed by atoms with Gasteiger partial charge in [0.15, 0.2) is 0 Å². The third kappa shape index (κ3) is 4.68. The third-order valence-electron chi connectivity index (χ3n) is 2.45. The van der Waals surface area contributed by atoms with Gasteiger partial charge in [0.05, 0.1) is 5.56 Å². The Hall–Kier alpha value is -1.34. The zero-order valence-corrected chi connectivity index (χ0v) is 11.2. The van der Waals surface area contributed by atoms with Crippen molar-refractivity contribution in [1.29, 1.82) is 0 Å². The lowest BCUT2D eigenvalue weighted by molar-refractivity contribution is -0.137. The van der Waals surface area contributed by atoms with Crippen molar-refractivity contribution >= 4 is 22.9 Å². The van der Waals surface area contributed by atoms with E-state index in [0.717, 1.165) is 18.6 Å². The molecule has 0 aromatic heterocycles. The van der Waals surface area contributed by atoms with Gasteiger partial charge in [0.1, 0.15) is 4.99 Å². The van der Waals surface area contributed by atoms with E-state index in [2.05, 4.69) is 5.32 Å². The molecule has 0 aliphatic carbocycles. The van der Waals surface area contributed by atoms with E-state index in [4.69, 9.17) is 22.7 Å². The Morgan fingerprint density at radius 2 is 2.11 bits per heavy atom. The molecule has 0 radical (unpaired) electrons. The van der Waals surface area contributed by atoms with Crippen LogP contribution in [-0.2, 0) is 10.9 Å². The molecule has 106 valence electrons. The van der Waals surface area contributed by atoms with E-state index >= 15 is 0 Å². The minimum Gasteiger partial charge on any atom is -0.389 e. The van der Waals surface area contributed by atoms with Crippen LogP contribution in [-0.4, -0.2) is 25.2 Å². The predicted molar refractivity (Wildman–Crippen MR) is 72.3 cm³/mol. The van der Waals surface area contributed by atoms with Crippen LogP contribution < -0.4 is 11.1 Å². The highest BCUT2D eigenvalue weighted by molar-refractivity contribution is 7.80. The summed E-state index contributed by atoms with van der Waals surface area (Å²) in [5, 5.41) is 2.99. The predicted octanol–water partition coefficient (Wildman–Crippen LogP) is 2.79. The minimum atomic E-state index is -4.41. The lowest BCUT2D eigenvalue weighted by Crippen LogP contribution is -2.16. The molecule has 0 saturated carbocycles. The van der Waals surface area contributed by atoms with Crippen molar-refractivity contribution in [3.8, 4) is 0 Å². The van der Waals surface area contributed by atoms with Crippen LogP contribution in [0.1, 0.15) is 17.5 Å². The fourth-order valence-electron chi connectivity index (χ4n) is 1.52. The van der Waals surface area contributed by atoms with Gasteiger partial charge in [-0.1, -0.05) is 12.2 Å². The number of alkyl halides is 3. The summed E-state index contributed by atoms with van der Waals surface area (Å²) in [6.07, 6.45) is -3.68. The number of rotatable bonds is 6. The standard InChI is InChI=1S/C12H15F3N2OS/c1-18-6-2-5-17-10-4-3-8(12(13,14)15)7-9(10)11(16)19/h3-4,7,17H,2,5-6H2,1H3,(H2,16,19). The van der Waals surface area contributed by atoms with Crippen molar-refractivity contribution in [2.24, 2.45) is 5.73 Å². The third-order valence-corrected chi connectivity index (χ3v) is 2.67. The number of nitrogens with one attached hydrogen (secondary N) is 1. The SMILES string of the molecule is COCCCNc1ccc(C(F)(F)F)cc1C(N)=S. The first-order valence-electron chi connectivity index (χ1n) is 5.60. The van der Waals surface area contributed by atoms with Gasteiger partial charge >= 0.3 is 6.18 Å². The van der Waals surface area contributed by atoms with Gasteiger partial charge in [-0.3, -0.25) is 0 Å². The zero-order chi connectivity index (χ0) is 14.5. The van der Waals surface area contributed by atoms with Gasteiger partial charge in [-0.25, -0.2) is 0 Å². The summed E-state index contributed by atoms with van der Waals surface area (Å²) in [4.78, 5) is -0.0691. The number of nitrogens with two attached hydrogens (primary N) is 1. The maximum atomic E-state index is 12.6. The normalized spacial score (nSPS) is 11.4. The molecule has 0 atom stereocenters. The van der Waals surface area contributed by atoms with Crippen LogP contribution in [0.15, 0.2) is 18.2 Å². The fourth-order valence-corrected chi connectivity index (χ4v) is 1.69. The smallest absolute Gasteiger partial charge is 0.389 e. The zero-order valence-electron chi connectivity index (χ0n) is 10.4. The number of hydrogen-bond acceptors (Lipinski definition) is 3. The molecular formula is C12H15F3N2OS. The second-order valence-corrected chi connectivity index (χ2v) is 4.34. The Morgan fingerprint density at radius 3 is 2.63 bits per heavy atom. The molecule has 0 heterocycles. The van der Waals surface area contributed by atoms with Crippen LogP contribution in [0.5, 0.6) is 0 Å². The van der Waals surface area contributed by atoms with Crippen molar-refractivity contribution in [2.75, 3.05) is 25.6 Å². The summed E-state index contributed by atoms with van der Waals surface area (Å²) in [5.74, 6) is 0. The summed E-state index contributed by atoms with van der Waals surface area (Å²) >= 11 is 4.78. The van der Waals surface area contributed by atoms with Crippen molar-refractivity contribution < 1.29 is 17.9 Å². The first-order chi connectivity index (χ1) is 8.86. The van der Waals surface area contributed by atoms with Crippen LogP contribution in [0, 0.1) is 0 Å². The van der Waals surface area contributed by atoms with Crippen molar-refractivity contribution in [3.63, 3.8) is 0 Å². The molecule has 19 heavy (non-hydrogen) atoms. The van der Waals surface area contributed by atoms with E-state index < -0.39 is 11.7 Å². The highest BCUT2D eigenvalue weighted by Crippen LogP contribution is 2.31. The Bertz CT molecular complexity index is 449. The average Bonchev–Trinajstić information content (AvgIpc) is 2.33. The van der Waals surface area contributed by atoms with Gasteiger partial charge in [0.25, 0.3) is 0 Å². The van der Waals surface area contributed by atoms with Gasteiger partial charge in [-0.2, -0.15) is 13.2 Å². The van der Waals surface area contributed by atoms with Gasteiger partial charge in [-0.15, -0.1) is 0 Å². The van der Waals surface area contributed by atoms with E-state index in [9.17, 15) is 13.2 Å². The average molecular weight is 292 g/mol. The quantitative estimate of drug-likeness (QED) is 0.625. The molecule has 0 spiro atoms. The molecule has 0 bridgehead atoms. The van der Waals surface area contributed by atoms with E-state index in [-0.39, 0.29) is 10.6 Å². The maximum Gasteiger partial charge on any atom is 0.416 e. The lowest BCUT2D eigenvalue weighted by atomic mass is 10.1. The van der Waals surface area contributed by atoms with E-state index in [1.54, 1.807) is 7.11 Å². The van der Waals surface area contributed by atoms with Gasteiger partial charge in [-0.05, 0) is 24.6 Å². The molecule has 0 aliphatic rings. The molecule has 0 amide bonds. The van der Waals surface area contributed by atoms with Gasteiger partial charge < -0.3 is 15.8 Å². The first kappa shape index (κ1) is 15.7. The number of benzene rings is 1. The van der Waals surface area contributed by atoms with Crippen LogP contribution >= 0.6 is 12.2 Å². The molecule has 0 fully saturated rings. The molecule has 0 unspecified atom stereocenters. The van der Waals surface area contributed by atoms with Crippen molar-refractivity contribution in [1.82, 2.24) is 0 Å². The van der Waals surface area contributed by atoms with Gasteiger partial charge in [0.2, 0.25) is 0 Å². The molecule has 3 nitrogen and oxygen atoms in total. The Morgan fingerprint density at radius 1 is 1.42 bits per heavy atom. The lowest BCUT2D eigenvalue weighted by Gasteiger charge is -2.14. The molecule has 1 rings (SSSR count). The molecule has 0 aliphatic heterocycles. The highest BCUT2D eigenvalue weighted by Gasteiger charge is 2.31. The molecule has 0 saturated heterocycles. The second-order valence-electron chi connectivity index (χ2n) is 3.90. The van der Waals surface area contributed by atoms with Crippen LogP contribution in [0.2, 0.25) is 0 Å². The highest BCUT2D eigenvalue weighted by atomic mass is 32.1. The maximum absolute atomic E-state index is 12.6. The molecule has 1 aromatic rings. The molecule has 1 aromatic carbocycles. The fraction of sp³-hybridized carbons (Fsp3) is 0.417. The van der Waals surface area contributed by atoms with E-state index in [1.807, 2.05) is 0 Å². The Labute approximate surface area is 114 Å². The van der Waals surface area contributed by atoms with Crippen LogP contribution in [0.4, 0.5) is 18.9 Å². The number of methoxy groups -OCH3 is 1. The summed E-state index contributed by atoms with van der Waals surface area (Å²) < 4.78 is 42.7. The molecular weight excluding hydrogens is 277 g/mol. The van der Waals surface area contributed by atoms with Gasteiger partial charge in [0, 0.05) is 31.5 Å². The summed E-state index contributed by atoms with van der Waals surface area (Å²) in [7, 11) is 1.58. The minimum absolute atomic E-state index is 0.0691. The Balaban J connectivity index is 2.90. The van der Waals surface area contributed by atoms with Crippen LogP contribution in [0.25, 0.3) is 0 Å². The van der Waals surface area contributed by atoms with Crippen LogP contribution in [0.3, 0.4) is 0 Å².